The van der Waals surface area contributed by atoms with Gasteiger partial charge in [0.25, 0.3) is 0 Å². The fourth-order valence-corrected chi connectivity index (χ4v) is 3.97. The van der Waals surface area contributed by atoms with Crippen LogP contribution < -0.4 is 9.47 Å². The summed E-state index contributed by atoms with van der Waals surface area (Å²) in [6.07, 6.45) is 0.780. The highest BCUT2D eigenvalue weighted by atomic mass is 32.1. The van der Waals surface area contributed by atoms with E-state index in [0.717, 1.165) is 17.5 Å². The van der Waals surface area contributed by atoms with E-state index in [1.807, 2.05) is 28.0 Å². The van der Waals surface area contributed by atoms with Gasteiger partial charge in [0.2, 0.25) is 6.79 Å². The monoisotopic (exact) mass is 366 g/mol. The molecule has 2 aromatic heterocycles. The molecule has 1 aliphatic heterocycles. The van der Waals surface area contributed by atoms with Crippen LogP contribution in [0, 0.1) is 5.82 Å². The van der Waals surface area contributed by atoms with E-state index in [-0.39, 0.29) is 12.6 Å². The molecule has 5 rings (SSSR count). The van der Waals surface area contributed by atoms with Crippen LogP contribution in [0.3, 0.4) is 0 Å². The predicted octanol–water partition coefficient (Wildman–Crippen LogP) is 4.41. The Morgan fingerprint density at radius 2 is 1.85 bits per heavy atom. The van der Waals surface area contributed by atoms with Crippen LogP contribution in [-0.2, 0) is 0 Å². The van der Waals surface area contributed by atoms with Gasteiger partial charge in [-0.05, 0) is 42.5 Å². The third kappa shape index (κ3) is 2.21. The van der Waals surface area contributed by atoms with Gasteiger partial charge in [-0.3, -0.25) is 9.20 Å². The van der Waals surface area contributed by atoms with Gasteiger partial charge in [0.05, 0.1) is 5.69 Å². The smallest absolute Gasteiger partial charge is 0.231 e. The summed E-state index contributed by atoms with van der Waals surface area (Å²) in [5.41, 5.74) is 3.40. The molecule has 7 heteroatoms. The fraction of sp³-hybridized carbons (Fsp3) is 0.0526. The molecule has 26 heavy (non-hydrogen) atoms. The Labute approximate surface area is 151 Å². The number of rotatable bonds is 3. The fourth-order valence-electron chi connectivity index (χ4n) is 3.07. The number of nitrogens with zero attached hydrogens (tertiary/aromatic N) is 2. The minimum absolute atomic E-state index is 0.206. The zero-order valence-electron chi connectivity index (χ0n) is 13.3. The Hall–Kier alpha value is -3.19. The van der Waals surface area contributed by atoms with Gasteiger partial charge in [0.15, 0.2) is 22.7 Å². The van der Waals surface area contributed by atoms with Crippen molar-refractivity contribution >= 4 is 22.6 Å². The second-order valence-electron chi connectivity index (χ2n) is 5.78. The van der Waals surface area contributed by atoms with Gasteiger partial charge in [-0.15, -0.1) is 11.3 Å². The van der Waals surface area contributed by atoms with Crippen LogP contribution in [0.25, 0.3) is 27.5 Å². The van der Waals surface area contributed by atoms with E-state index in [9.17, 15) is 9.18 Å². The number of benzene rings is 2. The maximum absolute atomic E-state index is 13.2. The molecule has 1 aliphatic rings. The molecule has 0 fully saturated rings. The van der Waals surface area contributed by atoms with Crippen molar-refractivity contribution in [3.05, 3.63) is 59.4 Å². The first-order valence-corrected chi connectivity index (χ1v) is 8.73. The summed E-state index contributed by atoms with van der Waals surface area (Å²) in [5.74, 6) is 1.05. The van der Waals surface area contributed by atoms with Crippen LogP contribution >= 0.6 is 11.3 Å². The molecule has 0 saturated carbocycles. The van der Waals surface area contributed by atoms with Crippen molar-refractivity contribution in [2.75, 3.05) is 6.79 Å². The molecule has 0 aliphatic carbocycles. The number of fused-ring (bicyclic) bond motifs is 2. The second-order valence-corrected chi connectivity index (χ2v) is 6.61. The molecule has 0 spiro atoms. The summed E-state index contributed by atoms with van der Waals surface area (Å²) in [6.45, 7) is 0.206. The normalized spacial score (nSPS) is 12.7. The summed E-state index contributed by atoms with van der Waals surface area (Å²) >= 11 is 1.44. The Kier molecular flexibility index (Phi) is 3.29. The van der Waals surface area contributed by atoms with Crippen molar-refractivity contribution in [3.63, 3.8) is 0 Å². The number of carbonyl (C=O) groups is 1. The molecule has 2 aromatic carbocycles. The van der Waals surface area contributed by atoms with Gasteiger partial charge in [0.1, 0.15) is 17.2 Å². The average Bonchev–Trinajstić information content (AvgIpc) is 3.36. The second kappa shape index (κ2) is 5.67. The minimum atomic E-state index is -0.330. The van der Waals surface area contributed by atoms with E-state index < -0.39 is 0 Å². The molecule has 0 atom stereocenters. The van der Waals surface area contributed by atoms with E-state index in [4.69, 9.17) is 9.47 Å². The van der Waals surface area contributed by atoms with Gasteiger partial charge in [-0.1, -0.05) is 0 Å². The van der Waals surface area contributed by atoms with Crippen LogP contribution in [0.4, 0.5) is 4.39 Å². The van der Waals surface area contributed by atoms with E-state index in [0.29, 0.717) is 33.4 Å². The molecule has 0 saturated heterocycles. The Morgan fingerprint density at radius 1 is 1.08 bits per heavy atom. The van der Waals surface area contributed by atoms with Crippen molar-refractivity contribution in [3.8, 4) is 34.0 Å². The molecule has 0 amide bonds. The largest absolute Gasteiger partial charge is 0.454 e. The van der Waals surface area contributed by atoms with E-state index in [2.05, 4.69) is 4.98 Å². The van der Waals surface area contributed by atoms with Crippen molar-refractivity contribution in [1.82, 2.24) is 9.38 Å². The lowest BCUT2D eigenvalue weighted by molar-refractivity contribution is 0.111. The van der Waals surface area contributed by atoms with Crippen LogP contribution in [0.15, 0.2) is 47.8 Å². The zero-order chi connectivity index (χ0) is 17.7. The Morgan fingerprint density at radius 3 is 2.65 bits per heavy atom. The van der Waals surface area contributed by atoms with Crippen molar-refractivity contribution in [2.45, 2.75) is 0 Å². The number of aldehydes is 1. The first kappa shape index (κ1) is 15.1. The standard InChI is InChI=1S/C19H11FN2O3S/c20-13-4-1-11(2-5-13)18-14(8-23)22-15(9-26-19(22)21-18)12-3-6-16-17(7-12)25-10-24-16/h1-9H,10H2. The lowest BCUT2D eigenvalue weighted by Crippen LogP contribution is -1.94. The van der Waals surface area contributed by atoms with E-state index >= 15 is 0 Å². The maximum atomic E-state index is 13.2. The highest BCUT2D eigenvalue weighted by Crippen LogP contribution is 2.38. The molecule has 128 valence electrons. The quantitative estimate of drug-likeness (QED) is 0.504. The molecule has 0 radical (unpaired) electrons. The van der Waals surface area contributed by atoms with Gasteiger partial charge in [-0.25, -0.2) is 9.37 Å². The maximum Gasteiger partial charge on any atom is 0.231 e. The van der Waals surface area contributed by atoms with Crippen molar-refractivity contribution < 1.29 is 18.7 Å². The summed E-state index contributed by atoms with van der Waals surface area (Å²) in [7, 11) is 0. The number of carbonyl (C=O) groups excluding carboxylic acids is 1. The molecule has 3 heterocycles. The van der Waals surface area contributed by atoms with Crippen molar-refractivity contribution in [2.24, 2.45) is 0 Å². The number of imidazole rings is 1. The lowest BCUT2D eigenvalue weighted by Gasteiger charge is -2.04. The molecule has 0 bridgehead atoms. The number of hydrogen-bond acceptors (Lipinski definition) is 5. The van der Waals surface area contributed by atoms with E-state index in [1.165, 1.54) is 23.5 Å². The summed E-state index contributed by atoms with van der Waals surface area (Å²) in [5, 5.41) is 1.95. The zero-order valence-corrected chi connectivity index (χ0v) is 14.1. The van der Waals surface area contributed by atoms with Crippen LogP contribution in [-0.4, -0.2) is 22.5 Å². The first-order chi connectivity index (χ1) is 12.7. The highest BCUT2D eigenvalue weighted by Gasteiger charge is 2.20. The minimum Gasteiger partial charge on any atom is -0.454 e. The Balaban J connectivity index is 1.70. The molecule has 0 N–H and O–H groups in total. The highest BCUT2D eigenvalue weighted by molar-refractivity contribution is 7.15. The number of halogens is 1. The lowest BCUT2D eigenvalue weighted by atomic mass is 10.1. The molecular weight excluding hydrogens is 355 g/mol. The van der Waals surface area contributed by atoms with Crippen molar-refractivity contribution in [1.29, 1.82) is 0 Å². The number of thiazole rings is 1. The number of ether oxygens (including phenoxy) is 2. The number of aromatic nitrogens is 2. The van der Waals surface area contributed by atoms with Gasteiger partial charge in [-0.2, -0.15) is 0 Å². The third-order valence-electron chi connectivity index (χ3n) is 4.30. The SMILES string of the molecule is O=Cc1c(-c2ccc(F)cc2)nc2scc(-c3ccc4c(c3)OCO4)n12. The summed E-state index contributed by atoms with van der Waals surface area (Å²) in [4.78, 5) is 17.1. The Bertz CT molecular complexity index is 1150. The van der Waals surface area contributed by atoms with Crippen LogP contribution in [0.2, 0.25) is 0 Å². The topological polar surface area (TPSA) is 52.8 Å². The number of hydrogen-bond donors (Lipinski definition) is 0. The summed E-state index contributed by atoms with van der Waals surface area (Å²) in [6, 6.07) is 11.6. The predicted molar refractivity (Wildman–Crippen MR) is 95.4 cm³/mol. The van der Waals surface area contributed by atoms with E-state index in [1.54, 1.807) is 12.1 Å². The molecule has 5 nitrogen and oxygen atoms in total. The van der Waals surface area contributed by atoms with Gasteiger partial charge in [0, 0.05) is 16.5 Å². The van der Waals surface area contributed by atoms with Gasteiger partial charge >= 0.3 is 0 Å². The average molecular weight is 366 g/mol. The molecule has 4 aromatic rings. The van der Waals surface area contributed by atoms with Crippen LogP contribution in [0.1, 0.15) is 10.5 Å². The van der Waals surface area contributed by atoms with Crippen LogP contribution in [0.5, 0.6) is 11.5 Å². The molecular formula is C19H11FN2O3S. The third-order valence-corrected chi connectivity index (χ3v) is 5.12. The molecule has 0 unspecified atom stereocenters. The van der Waals surface area contributed by atoms with Gasteiger partial charge < -0.3 is 9.47 Å². The summed E-state index contributed by atoms with van der Waals surface area (Å²) < 4.78 is 25.8. The first-order valence-electron chi connectivity index (χ1n) is 7.85.